The minimum absolute atomic E-state index is 0.0784. The number of fused-ring (bicyclic) bond motifs is 1. The second kappa shape index (κ2) is 4.79. The zero-order chi connectivity index (χ0) is 13.4. The Morgan fingerprint density at radius 3 is 2.90 bits per heavy atom. The lowest BCUT2D eigenvalue weighted by Gasteiger charge is -2.24. The lowest BCUT2D eigenvalue weighted by atomic mass is 10.1. The van der Waals surface area contributed by atoms with E-state index in [-0.39, 0.29) is 6.04 Å². The van der Waals surface area contributed by atoms with Gasteiger partial charge in [0.25, 0.3) is 11.8 Å². The zero-order valence-electron chi connectivity index (χ0n) is 11.1. The van der Waals surface area contributed by atoms with Gasteiger partial charge in [0.2, 0.25) is 0 Å². The smallest absolute Gasteiger partial charge is 0.266 e. The number of benzene rings is 1. The van der Waals surface area contributed by atoms with E-state index in [2.05, 4.69) is 38.6 Å². The van der Waals surface area contributed by atoms with Gasteiger partial charge in [-0.3, -0.25) is 0 Å². The summed E-state index contributed by atoms with van der Waals surface area (Å²) in [4.78, 5) is 6.62. The van der Waals surface area contributed by atoms with Gasteiger partial charge in [0.05, 0.1) is 13.2 Å². The Morgan fingerprint density at radius 2 is 2.05 bits per heavy atom. The van der Waals surface area contributed by atoms with Crippen LogP contribution in [0.4, 0.5) is 11.6 Å². The van der Waals surface area contributed by atoms with Crippen LogP contribution in [-0.4, -0.2) is 36.4 Å². The van der Waals surface area contributed by atoms with Crippen LogP contribution in [0.3, 0.4) is 0 Å². The molecular formula is C14H16N4O2. The van der Waals surface area contributed by atoms with Crippen molar-refractivity contribution in [3.05, 3.63) is 35.7 Å². The number of nitrogens with zero attached hydrogens (tertiary/aromatic N) is 3. The van der Waals surface area contributed by atoms with Gasteiger partial charge in [-0.05, 0) is 16.8 Å². The molecule has 4 rings (SSSR count). The molecule has 2 aliphatic rings. The first-order chi connectivity index (χ1) is 9.90. The minimum Gasteiger partial charge on any atom is -0.378 e. The number of hydrogen-bond donors (Lipinski definition) is 1. The monoisotopic (exact) mass is 272 g/mol. The molecule has 1 N–H and O–H groups in total. The first kappa shape index (κ1) is 11.7. The molecule has 0 radical (unpaired) electrons. The minimum atomic E-state index is 0.0784. The number of aromatic nitrogens is 2. The van der Waals surface area contributed by atoms with Gasteiger partial charge in [0, 0.05) is 25.2 Å². The zero-order valence-corrected chi connectivity index (χ0v) is 11.1. The van der Waals surface area contributed by atoms with Crippen molar-refractivity contribution < 1.29 is 9.26 Å². The Kier molecular flexibility index (Phi) is 2.81. The first-order valence-corrected chi connectivity index (χ1v) is 6.91. The Labute approximate surface area is 116 Å². The first-order valence-electron chi connectivity index (χ1n) is 6.91. The number of hydrogen-bond acceptors (Lipinski definition) is 6. The van der Waals surface area contributed by atoms with E-state index in [1.807, 2.05) is 6.07 Å². The van der Waals surface area contributed by atoms with Gasteiger partial charge in [-0.15, -0.1) is 0 Å². The maximum Gasteiger partial charge on any atom is 0.266 e. The summed E-state index contributed by atoms with van der Waals surface area (Å²) in [7, 11) is 0. The summed E-state index contributed by atoms with van der Waals surface area (Å²) >= 11 is 0. The maximum atomic E-state index is 5.43. The van der Waals surface area contributed by atoms with Crippen LogP contribution >= 0.6 is 0 Å². The molecular weight excluding hydrogens is 256 g/mol. The van der Waals surface area contributed by atoms with Crippen molar-refractivity contribution in [3.8, 4) is 0 Å². The van der Waals surface area contributed by atoms with Crippen molar-refractivity contribution in [2.45, 2.75) is 12.5 Å². The predicted octanol–water partition coefficient (Wildman–Crippen LogP) is 1.62. The van der Waals surface area contributed by atoms with Crippen LogP contribution in [0.1, 0.15) is 17.5 Å². The summed E-state index contributed by atoms with van der Waals surface area (Å²) in [6.45, 7) is 3.07. The third-order valence-electron chi connectivity index (χ3n) is 3.79. The van der Waals surface area contributed by atoms with E-state index in [9.17, 15) is 0 Å². The number of anilines is 2. The van der Waals surface area contributed by atoms with E-state index in [0.29, 0.717) is 11.8 Å². The normalized spacial score (nSPS) is 21.6. The lowest BCUT2D eigenvalue weighted by molar-refractivity contribution is 0.121. The summed E-state index contributed by atoms with van der Waals surface area (Å²) < 4.78 is 10.8. The average molecular weight is 272 g/mol. The number of nitrogens with one attached hydrogen (secondary N) is 1. The second-order valence-corrected chi connectivity index (χ2v) is 5.09. The predicted molar refractivity (Wildman–Crippen MR) is 73.8 cm³/mol. The van der Waals surface area contributed by atoms with Crippen molar-refractivity contribution in [2.24, 2.45) is 0 Å². The SMILES string of the molecule is c1ccc2c(c1)C[C@@H](c1nc(N3CCOCC3)no1)N2. The second-order valence-electron chi connectivity index (χ2n) is 5.09. The fourth-order valence-corrected chi connectivity index (χ4v) is 2.71. The lowest BCUT2D eigenvalue weighted by Crippen LogP contribution is -2.36. The van der Waals surface area contributed by atoms with Crippen molar-refractivity contribution in [1.82, 2.24) is 10.1 Å². The van der Waals surface area contributed by atoms with Crippen molar-refractivity contribution in [1.29, 1.82) is 0 Å². The van der Waals surface area contributed by atoms with E-state index in [4.69, 9.17) is 9.26 Å². The van der Waals surface area contributed by atoms with Crippen molar-refractivity contribution in [3.63, 3.8) is 0 Å². The molecule has 6 heteroatoms. The molecule has 1 fully saturated rings. The summed E-state index contributed by atoms with van der Waals surface area (Å²) in [6, 6.07) is 8.36. The van der Waals surface area contributed by atoms with E-state index in [1.165, 1.54) is 5.56 Å². The Balaban J connectivity index is 1.52. The molecule has 20 heavy (non-hydrogen) atoms. The van der Waals surface area contributed by atoms with E-state index >= 15 is 0 Å². The highest BCUT2D eigenvalue weighted by Gasteiger charge is 2.27. The highest BCUT2D eigenvalue weighted by Crippen LogP contribution is 2.33. The molecule has 1 aromatic heterocycles. The van der Waals surface area contributed by atoms with Crippen LogP contribution in [0.25, 0.3) is 0 Å². The number of rotatable bonds is 2. The highest BCUT2D eigenvalue weighted by atomic mass is 16.5. The van der Waals surface area contributed by atoms with Gasteiger partial charge < -0.3 is 19.5 Å². The van der Waals surface area contributed by atoms with Crippen LogP contribution in [0.2, 0.25) is 0 Å². The highest BCUT2D eigenvalue weighted by molar-refractivity contribution is 5.57. The topological polar surface area (TPSA) is 63.4 Å². The molecule has 1 atom stereocenters. The molecule has 104 valence electrons. The van der Waals surface area contributed by atoms with Gasteiger partial charge in [-0.2, -0.15) is 4.98 Å². The molecule has 1 saturated heterocycles. The Morgan fingerprint density at radius 1 is 1.20 bits per heavy atom. The molecule has 2 aromatic rings. The van der Waals surface area contributed by atoms with Gasteiger partial charge in [-0.25, -0.2) is 0 Å². The van der Waals surface area contributed by atoms with Crippen LogP contribution in [0.5, 0.6) is 0 Å². The molecule has 1 aromatic carbocycles. The van der Waals surface area contributed by atoms with Crippen LogP contribution in [0, 0.1) is 0 Å². The molecule has 0 amide bonds. The van der Waals surface area contributed by atoms with Gasteiger partial charge in [0.1, 0.15) is 6.04 Å². The van der Waals surface area contributed by atoms with Crippen molar-refractivity contribution >= 4 is 11.6 Å². The molecule has 0 unspecified atom stereocenters. The van der Waals surface area contributed by atoms with Gasteiger partial charge in [0.15, 0.2) is 0 Å². The van der Waals surface area contributed by atoms with Crippen LogP contribution in [0.15, 0.2) is 28.8 Å². The fourth-order valence-electron chi connectivity index (χ4n) is 2.71. The summed E-state index contributed by atoms with van der Waals surface area (Å²) in [5.41, 5.74) is 2.45. The molecule has 0 saturated carbocycles. The molecule has 6 nitrogen and oxygen atoms in total. The summed E-state index contributed by atoms with van der Waals surface area (Å²) in [5, 5.41) is 7.52. The largest absolute Gasteiger partial charge is 0.378 e. The van der Waals surface area contributed by atoms with E-state index in [0.717, 1.165) is 38.4 Å². The third-order valence-corrected chi connectivity index (χ3v) is 3.79. The van der Waals surface area contributed by atoms with E-state index in [1.54, 1.807) is 0 Å². The quantitative estimate of drug-likeness (QED) is 0.896. The van der Waals surface area contributed by atoms with Crippen LogP contribution < -0.4 is 10.2 Å². The van der Waals surface area contributed by atoms with Crippen LogP contribution in [-0.2, 0) is 11.2 Å². The van der Waals surface area contributed by atoms with Crippen molar-refractivity contribution in [2.75, 3.05) is 36.5 Å². The number of ether oxygens (including phenoxy) is 1. The maximum absolute atomic E-state index is 5.43. The molecule has 3 heterocycles. The third kappa shape index (κ3) is 2.02. The molecule has 0 spiro atoms. The fraction of sp³-hybridized carbons (Fsp3) is 0.429. The molecule has 0 aliphatic carbocycles. The van der Waals surface area contributed by atoms with E-state index < -0.39 is 0 Å². The number of para-hydroxylation sites is 1. The number of morpholine rings is 1. The Hall–Kier alpha value is -2.08. The van der Waals surface area contributed by atoms with Gasteiger partial charge in [-0.1, -0.05) is 18.2 Å². The average Bonchev–Trinajstić information content (AvgIpc) is 3.14. The molecule has 2 aliphatic heterocycles. The summed E-state index contributed by atoms with van der Waals surface area (Å²) in [5.74, 6) is 1.32. The molecule has 0 bridgehead atoms. The summed E-state index contributed by atoms with van der Waals surface area (Å²) in [6.07, 6.45) is 0.890. The standard InChI is InChI=1S/C14H16N4O2/c1-2-4-11-10(3-1)9-12(15-11)13-16-14(17-20-13)18-5-7-19-8-6-18/h1-4,12,15H,5-9H2/t12-/m0/s1. The van der Waals surface area contributed by atoms with Gasteiger partial charge >= 0.3 is 0 Å². The Bertz CT molecular complexity index is 582.